The Labute approximate surface area is 231 Å². The molecule has 0 radical (unpaired) electrons. The zero-order valence-electron chi connectivity index (χ0n) is 21.3. The van der Waals surface area contributed by atoms with Gasteiger partial charge in [-0.3, -0.25) is 4.90 Å². The van der Waals surface area contributed by atoms with Crippen molar-refractivity contribution in [2.75, 3.05) is 13.1 Å². The van der Waals surface area contributed by atoms with Crippen molar-refractivity contribution in [2.24, 2.45) is 5.16 Å². The van der Waals surface area contributed by atoms with Gasteiger partial charge in [0.05, 0.1) is 22.7 Å². The number of rotatable bonds is 5. The molecular formula is C31H30ClN3O2S. The van der Waals surface area contributed by atoms with Crippen LogP contribution in [0.5, 0.6) is 5.75 Å². The monoisotopic (exact) mass is 543 g/mol. The molecule has 3 aromatic carbocycles. The van der Waals surface area contributed by atoms with Crippen molar-refractivity contribution in [3.8, 4) is 5.75 Å². The predicted molar refractivity (Wildman–Crippen MR) is 154 cm³/mol. The smallest absolute Gasteiger partial charge is 0.194 e. The second-order valence-corrected chi connectivity index (χ2v) is 12.2. The van der Waals surface area contributed by atoms with Crippen molar-refractivity contribution in [1.82, 2.24) is 9.80 Å². The van der Waals surface area contributed by atoms with Crippen LogP contribution in [0.4, 0.5) is 0 Å². The van der Waals surface area contributed by atoms with Crippen molar-refractivity contribution >= 4 is 38.7 Å². The van der Waals surface area contributed by atoms with E-state index < -0.39 is 0 Å². The standard InChI is InChI=1S/C31H30ClN3O2S/c1-19-28-23-13-12-22(36)16-25(23)30(21-10-8-20(9-11-21)17-34-14-4-5-15-34)35(31(28)37-33-19)18-27-29(32)24-6-2-3-7-26(24)38-27/h2-3,6-13,16,28,30-31,36H,4-5,14-15,17-18H2,1H3/t28-,30-,31-/m1/s1. The maximum Gasteiger partial charge on any atom is 0.194 e. The van der Waals surface area contributed by atoms with E-state index in [-0.39, 0.29) is 23.9 Å². The van der Waals surface area contributed by atoms with Crippen LogP contribution in [0, 0.1) is 0 Å². The zero-order valence-corrected chi connectivity index (χ0v) is 22.9. The largest absolute Gasteiger partial charge is 0.508 e. The maximum absolute atomic E-state index is 10.6. The van der Waals surface area contributed by atoms with Gasteiger partial charge in [-0.1, -0.05) is 65.3 Å². The summed E-state index contributed by atoms with van der Waals surface area (Å²) in [5.74, 6) is 0.274. The van der Waals surface area contributed by atoms with Gasteiger partial charge in [0.2, 0.25) is 0 Å². The zero-order chi connectivity index (χ0) is 25.8. The molecule has 0 unspecified atom stereocenters. The number of oxime groups is 1. The van der Waals surface area contributed by atoms with Crippen LogP contribution in [0.25, 0.3) is 10.1 Å². The number of halogens is 1. The summed E-state index contributed by atoms with van der Waals surface area (Å²) in [4.78, 5) is 12.1. The molecule has 0 spiro atoms. The second-order valence-electron chi connectivity index (χ2n) is 10.7. The average Bonchev–Trinajstić information content (AvgIpc) is 3.65. The normalized spacial score (nSPS) is 23.3. The van der Waals surface area contributed by atoms with Gasteiger partial charge in [0.15, 0.2) is 6.23 Å². The van der Waals surface area contributed by atoms with E-state index in [1.165, 1.54) is 41.8 Å². The fraction of sp³-hybridized carbons (Fsp3) is 0.323. The number of phenolic OH excluding ortho intramolecular Hbond substituents is 1. The van der Waals surface area contributed by atoms with Gasteiger partial charge in [-0.15, -0.1) is 11.3 Å². The third-order valence-corrected chi connectivity index (χ3v) is 9.93. The van der Waals surface area contributed by atoms with Crippen molar-refractivity contribution in [3.63, 3.8) is 0 Å². The third-order valence-electron chi connectivity index (χ3n) is 8.23. The van der Waals surface area contributed by atoms with Crippen LogP contribution in [-0.2, 0) is 17.9 Å². The summed E-state index contributed by atoms with van der Waals surface area (Å²) in [7, 11) is 0. The molecule has 38 heavy (non-hydrogen) atoms. The molecule has 4 aromatic rings. The lowest BCUT2D eigenvalue weighted by Crippen LogP contribution is -2.46. The number of hydrogen-bond donors (Lipinski definition) is 1. The van der Waals surface area contributed by atoms with E-state index in [2.05, 4.69) is 57.4 Å². The molecule has 1 fully saturated rings. The highest BCUT2D eigenvalue weighted by molar-refractivity contribution is 7.19. The molecule has 3 aliphatic heterocycles. The molecule has 0 bridgehead atoms. The van der Waals surface area contributed by atoms with Crippen molar-refractivity contribution in [1.29, 1.82) is 0 Å². The minimum absolute atomic E-state index is 0.00411. The lowest BCUT2D eigenvalue weighted by atomic mass is 9.79. The topological polar surface area (TPSA) is 48.3 Å². The summed E-state index contributed by atoms with van der Waals surface area (Å²) in [5.41, 5.74) is 5.71. The Hall–Kier alpha value is -2.90. The van der Waals surface area contributed by atoms with Gasteiger partial charge in [0, 0.05) is 28.1 Å². The Bertz CT molecular complexity index is 1530. The molecule has 1 saturated heterocycles. The van der Waals surface area contributed by atoms with Gasteiger partial charge in [-0.05, 0) is 73.3 Å². The highest BCUT2D eigenvalue weighted by atomic mass is 35.5. The van der Waals surface area contributed by atoms with Crippen molar-refractivity contribution in [3.05, 3.63) is 98.9 Å². The average molecular weight is 544 g/mol. The first kappa shape index (κ1) is 24.2. The lowest BCUT2D eigenvalue weighted by molar-refractivity contribution is -0.0728. The molecule has 0 amide bonds. The number of aromatic hydroxyl groups is 1. The minimum Gasteiger partial charge on any atom is -0.508 e. The Morgan fingerprint density at radius 1 is 1.00 bits per heavy atom. The summed E-state index contributed by atoms with van der Waals surface area (Å²) < 4.78 is 1.18. The fourth-order valence-corrected chi connectivity index (χ4v) is 7.89. The lowest BCUT2D eigenvalue weighted by Gasteiger charge is -2.43. The number of hydrogen-bond acceptors (Lipinski definition) is 6. The van der Waals surface area contributed by atoms with Gasteiger partial charge in [-0.25, -0.2) is 4.90 Å². The molecule has 0 aliphatic carbocycles. The maximum atomic E-state index is 10.6. The predicted octanol–water partition coefficient (Wildman–Crippen LogP) is 7.28. The Kier molecular flexibility index (Phi) is 6.16. The number of benzene rings is 3. The first-order chi connectivity index (χ1) is 18.6. The van der Waals surface area contributed by atoms with Crippen LogP contribution >= 0.6 is 22.9 Å². The van der Waals surface area contributed by atoms with Crippen LogP contribution in [0.2, 0.25) is 5.02 Å². The third kappa shape index (κ3) is 4.11. The second kappa shape index (κ2) is 9.69. The number of thiophene rings is 1. The molecule has 194 valence electrons. The molecule has 4 heterocycles. The number of phenols is 1. The number of fused-ring (bicyclic) bond motifs is 4. The van der Waals surface area contributed by atoms with Crippen LogP contribution < -0.4 is 0 Å². The van der Waals surface area contributed by atoms with E-state index in [9.17, 15) is 5.11 Å². The molecule has 0 saturated carbocycles. The SMILES string of the molecule is CC1=NO[C@@H]2[C@H]1c1ccc(O)cc1[C@@H](c1ccc(CN3CCCC3)cc1)N2Cc1sc2ccccc2c1Cl. The summed E-state index contributed by atoms with van der Waals surface area (Å²) in [6.45, 7) is 6.00. The van der Waals surface area contributed by atoms with Crippen molar-refractivity contribution in [2.45, 2.75) is 51.0 Å². The molecule has 3 atom stereocenters. The van der Waals surface area contributed by atoms with Crippen LogP contribution in [0.1, 0.15) is 58.9 Å². The Morgan fingerprint density at radius 3 is 2.58 bits per heavy atom. The van der Waals surface area contributed by atoms with Crippen LogP contribution in [0.3, 0.4) is 0 Å². The summed E-state index contributed by atoms with van der Waals surface area (Å²) in [6, 6.07) is 22.9. The highest BCUT2D eigenvalue weighted by Crippen LogP contribution is 2.49. The molecule has 7 heteroatoms. The summed E-state index contributed by atoms with van der Waals surface area (Å²) >= 11 is 8.67. The first-order valence-corrected chi connectivity index (χ1v) is 14.5. The quantitative estimate of drug-likeness (QED) is 0.287. The molecule has 1 aromatic heterocycles. The van der Waals surface area contributed by atoms with E-state index in [0.717, 1.165) is 38.7 Å². The van der Waals surface area contributed by atoms with E-state index in [4.69, 9.17) is 16.4 Å². The summed E-state index contributed by atoms with van der Waals surface area (Å²) in [5, 5.41) is 16.9. The number of nitrogens with zero attached hydrogens (tertiary/aromatic N) is 3. The van der Waals surface area contributed by atoms with Crippen molar-refractivity contribution < 1.29 is 9.94 Å². The number of likely N-dealkylation sites (tertiary alicyclic amines) is 1. The minimum atomic E-state index is -0.248. The van der Waals surface area contributed by atoms with Gasteiger partial charge in [0.1, 0.15) is 5.75 Å². The van der Waals surface area contributed by atoms with Gasteiger partial charge in [0.25, 0.3) is 0 Å². The van der Waals surface area contributed by atoms with E-state index in [1.54, 1.807) is 17.4 Å². The Balaban J connectivity index is 1.32. The molecule has 7 rings (SSSR count). The fourth-order valence-electron chi connectivity index (χ4n) is 6.39. The Morgan fingerprint density at radius 2 is 1.79 bits per heavy atom. The van der Waals surface area contributed by atoms with E-state index in [0.29, 0.717) is 6.54 Å². The summed E-state index contributed by atoms with van der Waals surface area (Å²) in [6.07, 6.45) is 2.34. The molecule has 5 nitrogen and oxygen atoms in total. The highest BCUT2D eigenvalue weighted by Gasteiger charge is 2.47. The van der Waals surface area contributed by atoms with Crippen LogP contribution in [-0.4, -0.2) is 39.9 Å². The van der Waals surface area contributed by atoms with E-state index in [1.807, 2.05) is 25.1 Å². The van der Waals surface area contributed by atoms with Gasteiger partial charge < -0.3 is 9.94 Å². The molecule has 3 aliphatic rings. The van der Waals surface area contributed by atoms with Gasteiger partial charge in [-0.2, -0.15) is 0 Å². The first-order valence-electron chi connectivity index (χ1n) is 13.3. The molecular weight excluding hydrogens is 514 g/mol. The van der Waals surface area contributed by atoms with Crippen LogP contribution in [0.15, 0.2) is 71.9 Å². The van der Waals surface area contributed by atoms with E-state index >= 15 is 0 Å². The molecule has 1 N–H and O–H groups in total. The van der Waals surface area contributed by atoms with Gasteiger partial charge >= 0.3 is 0 Å².